The minimum atomic E-state index is -0.420. The average Bonchev–Trinajstić information content (AvgIpc) is 2.33. The van der Waals surface area contributed by atoms with Crippen LogP contribution in [0.15, 0.2) is 18.3 Å². The zero-order chi connectivity index (χ0) is 12.8. The van der Waals surface area contributed by atoms with E-state index >= 15 is 0 Å². The number of nitrogens with zero attached hydrogens (tertiary/aromatic N) is 1. The Morgan fingerprint density at radius 3 is 2.56 bits per heavy atom. The molecule has 0 aromatic carbocycles. The van der Waals surface area contributed by atoms with E-state index in [1.165, 1.54) is 32.1 Å². The van der Waals surface area contributed by atoms with Crippen LogP contribution in [0.5, 0.6) is 0 Å². The van der Waals surface area contributed by atoms with Crippen LogP contribution in [0.2, 0.25) is 0 Å². The van der Waals surface area contributed by atoms with Gasteiger partial charge in [-0.2, -0.15) is 0 Å². The van der Waals surface area contributed by atoms with Crippen molar-refractivity contribution in [2.24, 2.45) is 5.73 Å². The van der Waals surface area contributed by atoms with E-state index in [1.54, 1.807) is 18.3 Å². The summed E-state index contributed by atoms with van der Waals surface area (Å²) in [4.78, 5) is 15.6. The van der Waals surface area contributed by atoms with E-state index in [2.05, 4.69) is 10.3 Å². The number of nitrogens with two attached hydrogens (primary N) is 1. The van der Waals surface area contributed by atoms with Gasteiger partial charge < -0.3 is 11.1 Å². The number of anilines is 1. The fraction of sp³-hybridized carbons (Fsp3) is 0.571. The molecule has 4 heteroatoms. The molecule has 1 saturated carbocycles. The largest absolute Gasteiger partial charge is 0.367 e. The maximum Gasteiger partial charge on any atom is 0.252 e. The number of carbonyl (C=O) groups excluding carboxylic acids is 1. The first-order valence-electron chi connectivity index (χ1n) is 6.79. The van der Waals surface area contributed by atoms with Gasteiger partial charge in [0.1, 0.15) is 5.82 Å². The minimum Gasteiger partial charge on any atom is -0.367 e. The first-order chi connectivity index (χ1) is 8.77. The molecule has 0 radical (unpaired) electrons. The first-order valence-corrected chi connectivity index (χ1v) is 6.79. The molecule has 3 N–H and O–H groups in total. The number of rotatable bonds is 3. The fourth-order valence-electron chi connectivity index (χ4n) is 2.51. The predicted molar refractivity (Wildman–Crippen MR) is 72.5 cm³/mol. The van der Waals surface area contributed by atoms with E-state index in [1.807, 2.05) is 0 Å². The number of primary amides is 1. The number of pyridine rings is 1. The van der Waals surface area contributed by atoms with Gasteiger partial charge in [0.2, 0.25) is 0 Å². The van der Waals surface area contributed by atoms with Gasteiger partial charge in [0.15, 0.2) is 0 Å². The molecule has 1 aliphatic carbocycles. The summed E-state index contributed by atoms with van der Waals surface area (Å²) in [6.07, 6.45) is 10.4. The molecule has 1 fully saturated rings. The maximum atomic E-state index is 11.3. The summed E-state index contributed by atoms with van der Waals surface area (Å²) in [5.74, 6) is 0.215. The standard InChI is InChI=1S/C14H21N3O/c15-13(18)12-9-6-10-16-14(12)17-11-7-4-2-1-3-5-8-11/h6,9-11H,1-5,7-8H2,(H2,15,18)(H,16,17). The normalized spacial score (nSPS) is 17.8. The third-order valence-electron chi connectivity index (χ3n) is 3.52. The summed E-state index contributed by atoms with van der Waals surface area (Å²) in [6.45, 7) is 0. The second-order valence-electron chi connectivity index (χ2n) is 4.95. The summed E-state index contributed by atoms with van der Waals surface area (Å²) in [5.41, 5.74) is 5.84. The van der Waals surface area contributed by atoms with Crippen molar-refractivity contribution in [3.63, 3.8) is 0 Å². The van der Waals surface area contributed by atoms with E-state index < -0.39 is 5.91 Å². The van der Waals surface area contributed by atoms with Gasteiger partial charge in [-0.25, -0.2) is 4.98 Å². The van der Waals surface area contributed by atoms with Crippen LogP contribution >= 0.6 is 0 Å². The highest BCUT2D eigenvalue weighted by Crippen LogP contribution is 2.21. The van der Waals surface area contributed by atoms with Crippen molar-refractivity contribution in [2.75, 3.05) is 5.32 Å². The Morgan fingerprint density at radius 2 is 1.89 bits per heavy atom. The monoisotopic (exact) mass is 247 g/mol. The number of aromatic nitrogens is 1. The Kier molecular flexibility index (Phi) is 4.56. The Morgan fingerprint density at radius 1 is 1.22 bits per heavy atom. The summed E-state index contributed by atoms with van der Waals surface area (Å²) < 4.78 is 0. The van der Waals surface area contributed by atoms with Crippen molar-refractivity contribution in [3.8, 4) is 0 Å². The lowest BCUT2D eigenvalue weighted by molar-refractivity contribution is 0.100. The summed E-state index contributed by atoms with van der Waals surface area (Å²) in [7, 11) is 0. The lowest BCUT2D eigenvalue weighted by Gasteiger charge is -2.22. The molecule has 18 heavy (non-hydrogen) atoms. The molecule has 0 aliphatic heterocycles. The van der Waals surface area contributed by atoms with E-state index in [9.17, 15) is 4.79 Å². The smallest absolute Gasteiger partial charge is 0.252 e. The van der Waals surface area contributed by atoms with E-state index in [0.29, 0.717) is 17.4 Å². The number of carbonyl (C=O) groups is 1. The topological polar surface area (TPSA) is 68.0 Å². The van der Waals surface area contributed by atoms with Crippen LogP contribution < -0.4 is 11.1 Å². The van der Waals surface area contributed by atoms with Gasteiger partial charge in [0.05, 0.1) is 5.56 Å². The van der Waals surface area contributed by atoms with Gasteiger partial charge in [-0.15, -0.1) is 0 Å². The van der Waals surface area contributed by atoms with E-state index in [4.69, 9.17) is 5.73 Å². The molecule has 0 atom stereocenters. The van der Waals surface area contributed by atoms with Crippen molar-refractivity contribution < 1.29 is 4.79 Å². The maximum absolute atomic E-state index is 11.3. The van der Waals surface area contributed by atoms with Crippen LogP contribution in [0.1, 0.15) is 55.3 Å². The van der Waals surface area contributed by atoms with Crippen molar-refractivity contribution >= 4 is 11.7 Å². The van der Waals surface area contributed by atoms with Crippen molar-refractivity contribution in [3.05, 3.63) is 23.9 Å². The quantitative estimate of drug-likeness (QED) is 0.863. The average molecular weight is 247 g/mol. The van der Waals surface area contributed by atoms with Gasteiger partial charge in [-0.3, -0.25) is 4.79 Å². The number of nitrogens with one attached hydrogen (secondary N) is 1. The molecular formula is C14H21N3O. The van der Waals surface area contributed by atoms with Crippen molar-refractivity contribution in [1.29, 1.82) is 0 Å². The predicted octanol–water partition coefficient (Wildman–Crippen LogP) is 2.71. The second kappa shape index (κ2) is 6.38. The lowest BCUT2D eigenvalue weighted by Crippen LogP contribution is -2.24. The van der Waals surface area contributed by atoms with Gasteiger partial charge in [-0.05, 0) is 25.0 Å². The molecule has 1 amide bonds. The molecular weight excluding hydrogens is 226 g/mol. The van der Waals surface area contributed by atoms with E-state index in [-0.39, 0.29) is 0 Å². The van der Waals surface area contributed by atoms with Crippen molar-refractivity contribution in [2.45, 2.75) is 51.0 Å². The van der Waals surface area contributed by atoms with Gasteiger partial charge >= 0.3 is 0 Å². The molecule has 4 nitrogen and oxygen atoms in total. The molecule has 1 aromatic rings. The highest BCUT2D eigenvalue weighted by Gasteiger charge is 2.15. The third kappa shape index (κ3) is 3.45. The zero-order valence-electron chi connectivity index (χ0n) is 10.7. The first kappa shape index (κ1) is 12.9. The van der Waals surface area contributed by atoms with Crippen LogP contribution in [0.25, 0.3) is 0 Å². The zero-order valence-corrected chi connectivity index (χ0v) is 10.7. The molecule has 1 aromatic heterocycles. The highest BCUT2D eigenvalue weighted by atomic mass is 16.1. The highest BCUT2D eigenvalue weighted by molar-refractivity contribution is 5.97. The minimum absolute atomic E-state index is 0.415. The van der Waals surface area contributed by atoms with E-state index in [0.717, 1.165) is 12.8 Å². The number of amides is 1. The summed E-state index contributed by atoms with van der Waals surface area (Å²) >= 11 is 0. The fourth-order valence-corrected chi connectivity index (χ4v) is 2.51. The van der Waals surface area contributed by atoms with Gasteiger partial charge in [0, 0.05) is 12.2 Å². The Balaban J connectivity index is 2.05. The Labute approximate surface area is 108 Å². The Bertz CT molecular complexity index is 398. The third-order valence-corrected chi connectivity index (χ3v) is 3.52. The summed E-state index contributed by atoms with van der Waals surface area (Å²) in [6, 6.07) is 3.88. The van der Waals surface area contributed by atoms with Crippen LogP contribution in [0.4, 0.5) is 5.82 Å². The molecule has 0 bridgehead atoms. The molecule has 2 rings (SSSR count). The van der Waals surface area contributed by atoms with Crippen LogP contribution in [0, 0.1) is 0 Å². The summed E-state index contributed by atoms with van der Waals surface area (Å²) in [5, 5.41) is 3.39. The van der Waals surface area contributed by atoms with Crippen LogP contribution in [0.3, 0.4) is 0 Å². The molecule has 0 unspecified atom stereocenters. The van der Waals surface area contributed by atoms with Crippen LogP contribution in [-0.4, -0.2) is 16.9 Å². The Hall–Kier alpha value is -1.58. The lowest BCUT2D eigenvalue weighted by atomic mass is 9.96. The van der Waals surface area contributed by atoms with Gasteiger partial charge in [-0.1, -0.05) is 32.1 Å². The molecule has 0 saturated heterocycles. The van der Waals surface area contributed by atoms with Gasteiger partial charge in [0.25, 0.3) is 5.91 Å². The second-order valence-corrected chi connectivity index (χ2v) is 4.95. The molecule has 0 spiro atoms. The van der Waals surface area contributed by atoms with Crippen LogP contribution in [-0.2, 0) is 0 Å². The molecule has 98 valence electrons. The van der Waals surface area contributed by atoms with Crippen molar-refractivity contribution in [1.82, 2.24) is 4.98 Å². The molecule has 1 aliphatic rings. The number of hydrogen-bond donors (Lipinski definition) is 2. The SMILES string of the molecule is NC(=O)c1cccnc1NC1CCCCCCC1. The number of hydrogen-bond acceptors (Lipinski definition) is 3. The molecule has 1 heterocycles.